The molecule has 1 rings (SSSR count). The molecular weight excluding hydrogens is 348 g/mol. The van der Waals surface area contributed by atoms with Gasteiger partial charge in [0.05, 0.1) is 0 Å². The van der Waals surface area contributed by atoms with E-state index in [2.05, 4.69) is 16.0 Å². The van der Waals surface area contributed by atoms with E-state index in [0.29, 0.717) is 5.69 Å². The van der Waals surface area contributed by atoms with E-state index in [4.69, 9.17) is 47.0 Å². The third-order valence-corrected chi connectivity index (χ3v) is 2.93. The zero-order valence-corrected chi connectivity index (χ0v) is 13.3. The first-order valence-electron chi connectivity index (χ1n) is 5.35. The number of anilines is 1. The van der Waals surface area contributed by atoms with Crippen molar-refractivity contribution in [2.45, 2.75) is 16.9 Å². The molecule has 0 radical (unpaired) electrons. The van der Waals surface area contributed by atoms with Crippen LogP contribution in [0.3, 0.4) is 0 Å². The molecule has 1 aromatic carbocycles. The van der Waals surface area contributed by atoms with Crippen LogP contribution in [0.1, 0.15) is 6.92 Å². The fourth-order valence-corrected chi connectivity index (χ4v) is 1.80. The van der Waals surface area contributed by atoms with Gasteiger partial charge in [-0.2, -0.15) is 0 Å². The molecule has 1 atom stereocenters. The highest BCUT2D eigenvalue weighted by molar-refractivity contribution is 7.80. The van der Waals surface area contributed by atoms with E-state index in [-0.39, 0.29) is 10.9 Å². The van der Waals surface area contributed by atoms with Crippen molar-refractivity contribution in [2.75, 3.05) is 5.32 Å². The van der Waals surface area contributed by atoms with Crippen LogP contribution in [0.15, 0.2) is 24.3 Å². The van der Waals surface area contributed by atoms with Gasteiger partial charge >= 0.3 is 0 Å². The third kappa shape index (κ3) is 6.09. The molecule has 4 nitrogen and oxygen atoms in total. The van der Waals surface area contributed by atoms with Gasteiger partial charge < -0.3 is 16.0 Å². The molecule has 20 heavy (non-hydrogen) atoms. The zero-order chi connectivity index (χ0) is 15.3. The Bertz CT molecular complexity index is 493. The lowest BCUT2D eigenvalue weighted by Gasteiger charge is -2.27. The van der Waals surface area contributed by atoms with Crippen LogP contribution in [0.5, 0.6) is 0 Å². The SMILES string of the molecule is CC(=O)N[C@@H](NC(=S)Nc1ccc(F)cc1)C(Cl)(Cl)Cl. The first-order valence-corrected chi connectivity index (χ1v) is 6.89. The Morgan fingerprint density at radius 3 is 2.25 bits per heavy atom. The highest BCUT2D eigenvalue weighted by Gasteiger charge is 2.33. The highest BCUT2D eigenvalue weighted by Crippen LogP contribution is 2.29. The van der Waals surface area contributed by atoms with Crippen LogP contribution >= 0.6 is 47.0 Å². The zero-order valence-electron chi connectivity index (χ0n) is 10.2. The predicted octanol–water partition coefficient (Wildman–Crippen LogP) is 2.94. The van der Waals surface area contributed by atoms with Crippen molar-refractivity contribution >= 4 is 63.7 Å². The van der Waals surface area contributed by atoms with Gasteiger partial charge in [-0.15, -0.1) is 0 Å². The van der Waals surface area contributed by atoms with Crippen molar-refractivity contribution in [1.82, 2.24) is 10.6 Å². The fraction of sp³-hybridized carbons (Fsp3) is 0.273. The number of carbonyl (C=O) groups excluding carboxylic acids is 1. The molecule has 0 spiro atoms. The summed E-state index contributed by atoms with van der Waals surface area (Å²) in [5, 5.41) is 7.95. The summed E-state index contributed by atoms with van der Waals surface area (Å²) in [5.41, 5.74) is 0.551. The second-order valence-corrected chi connectivity index (χ2v) is 6.56. The Morgan fingerprint density at radius 2 is 1.80 bits per heavy atom. The summed E-state index contributed by atoms with van der Waals surface area (Å²) in [4.78, 5) is 11.0. The van der Waals surface area contributed by atoms with Crippen molar-refractivity contribution in [1.29, 1.82) is 0 Å². The predicted molar refractivity (Wildman–Crippen MR) is 83.7 cm³/mol. The van der Waals surface area contributed by atoms with Crippen molar-refractivity contribution in [2.24, 2.45) is 0 Å². The van der Waals surface area contributed by atoms with E-state index >= 15 is 0 Å². The molecule has 0 fully saturated rings. The summed E-state index contributed by atoms with van der Waals surface area (Å²) in [6, 6.07) is 5.52. The van der Waals surface area contributed by atoms with E-state index in [1.807, 2.05) is 0 Å². The van der Waals surface area contributed by atoms with Gasteiger partial charge in [0.1, 0.15) is 12.0 Å². The second-order valence-electron chi connectivity index (χ2n) is 3.78. The lowest BCUT2D eigenvalue weighted by atomic mass is 10.3. The first-order chi connectivity index (χ1) is 9.18. The first kappa shape index (κ1) is 17.2. The van der Waals surface area contributed by atoms with Gasteiger partial charge in [-0.3, -0.25) is 4.79 Å². The van der Waals surface area contributed by atoms with Crippen molar-refractivity contribution in [3.8, 4) is 0 Å². The molecule has 0 unspecified atom stereocenters. The number of carbonyl (C=O) groups is 1. The standard InChI is InChI=1S/C11H11Cl3FN3OS/c1-6(19)16-9(11(12,13)14)18-10(20)17-8-4-2-7(15)3-5-8/h2-5,9H,1H3,(H,16,19)(H2,17,18,20)/t9-/m0/s1. The lowest BCUT2D eigenvalue weighted by Crippen LogP contribution is -2.55. The largest absolute Gasteiger partial charge is 0.339 e. The molecule has 9 heteroatoms. The number of nitrogens with one attached hydrogen (secondary N) is 3. The maximum absolute atomic E-state index is 12.8. The molecule has 0 aliphatic rings. The number of halogens is 4. The van der Waals surface area contributed by atoms with Gasteiger partial charge in [0.25, 0.3) is 0 Å². The number of benzene rings is 1. The van der Waals surface area contributed by atoms with Crippen LogP contribution in [0.4, 0.5) is 10.1 Å². The Kier molecular flexibility index (Phi) is 6.26. The molecule has 0 saturated heterocycles. The number of alkyl halides is 3. The molecule has 1 amide bonds. The number of amides is 1. The summed E-state index contributed by atoms with van der Waals surface area (Å²) in [6.07, 6.45) is -1.01. The smallest absolute Gasteiger partial charge is 0.228 e. The summed E-state index contributed by atoms with van der Waals surface area (Å²) in [6.45, 7) is 1.28. The number of hydrogen-bond acceptors (Lipinski definition) is 2. The Balaban J connectivity index is 2.66. The van der Waals surface area contributed by atoms with Gasteiger partial charge in [-0.25, -0.2) is 4.39 Å². The molecule has 0 bridgehead atoms. The molecule has 3 N–H and O–H groups in total. The minimum absolute atomic E-state index is 0.113. The minimum Gasteiger partial charge on any atom is -0.339 e. The highest BCUT2D eigenvalue weighted by atomic mass is 35.6. The average molecular weight is 359 g/mol. The van der Waals surface area contributed by atoms with Crippen LogP contribution in [0.25, 0.3) is 0 Å². The van der Waals surface area contributed by atoms with E-state index in [9.17, 15) is 9.18 Å². The second kappa shape index (κ2) is 7.26. The normalized spacial score (nSPS) is 12.4. The maximum Gasteiger partial charge on any atom is 0.228 e. The molecular formula is C11H11Cl3FN3OS. The van der Waals surface area contributed by atoms with Crippen LogP contribution in [-0.4, -0.2) is 21.0 Å². The van der Waals surface area contributed by atoms with Gasteiger partial charge in [0, 0.05) is 12.6 Å². The van der Waals surface area contributed by atoms with E-state index in [1.54, 1.807) is 0 Å². The van der Waals surface area contributed by atoms with Gasteiger partial charge in [0.2, 0.25) is 9.70 Å². The number of hydrogen-bond donors (Lipinski definition) is 3. The van der Waals surface area contributed by atoms with Crippen molar-refractivity contribution in [3.05, 3.63) is 30.1 Å². The molecule has 0 aliphatic carbocycles. The lowest BCUT2D eigenvalue weighted by molar-refractivity contribution is -0.119. The Labute approximate surface area is 136 Å². The summed E-state index contributed by atoms with van der Waals surface area (Å²) < 4.78 is 11.0. The van der Waals surface area contributed by atoms with Crippen molar-refractivity contribution < 1.29 is 9.18 Å². The average Bonchev–Trinajstić information content (AvgIpc) is 2.29. The number of rotatable bonds is 3. The van der Waals surface area contributed by atoms with E-state index in [0.717, 1.165) is 0 Å². The van der Waals surface area contributed by atoms with E-state index < -0.39 is 15.9 Å². The van der Waals surface area contributed by atoms with Crippen molar-refractivity contribution in [3.63, 3.8) is 0 Å². The van der Waals surface area contributed by atoms with E-state index in [1.165, 1.54) is 31.2 Å². The quantitative estimate of drug-likeness (QED) is 0.442. The molecule has 0 heterocycles. The third-order valence-electron chi connectivity index (χ3n) is 2.05. The summed E-state index contributed by atoms with van der Waals surface area (Å²) in [5.74, 6) is -0.759. The molecule has 110 valence electrons. The van der Waals surface area contributed by atoms with Crippen LogP contribution in [-0.2, 0) is 4.79 Å². The maximum atomic E-state index is 12.8. The van der Waals surface area contributed by atoms with Gasteiger partial charge in [0.15, 0.2) is 5.11 Å². The minimum atomic E-state index is -1.79. The monoisotopic (exact) mass is 357 g/mol. The number of thiocarbonyl (C=S) groups is 1. The molecule has 0 saturated carbocycles. The van der Waals surface area contributed by atoms with Crippen LogP contribution in [0.2, 0.25) is 0 Å². The van der Waals surface area contributed by atoms with Crippen LogP contribution < -0.4 is 16.0 Å². The van der Waals surface area contributed by atoms with Gasteiger partial charge in [-0.05, 0) is 36.5 Å². The summed E-state index contributed by atoms with van der Waals surface area (Å²) >= 11 is 22.2. The Hall–Kier alpha value is -0.820. The molecule has 1 aromatic rings. The summed E-state index contributed by atoms with van der Waals surface area (Å²) in [7, 11) is 0. The fourth-order valence-electron chi connectivity index (χ4n) is 1.23. The van der Waals surface area contributed by atoms with Gasteiger partial charge in [-0.1, -0.05) is 34.8 Å². The molecule has 0 aliphatic heterocycles. The molecule has 0 aromatic heterocycles. The Morgan fingerprint density at radius 1 is 1.25 bits per heavy atom. The topological polar surface area (TPSA) is 53.2 Å². The van der Waals surface area contributed by atoms with Crippen LogP contribution in [0, 0.1) is 5.82 Å².